The maximum atomic E-state index is 12.5. The Bertz CT molecular complexity index is 812. The molecule has 1 aliphatic heterocycles. The van der Waals surface area contributed by atoms with Crippen LogP contribution in [0.2, 0.25) is 0 Å². The number of anilines is 2. The molecule has 0 aromatic heterocycles. The molecule has 24 heavy (non-hydrogen) atoms. The van der Waals surface area contributed by atoms with Crippen LogP contribution >= 0.6 is 0 Å². The third-order valence-electron chi connectivity index (χ3n) is 3.66. The number of rotatable bonds is 3. The topological polar surface area (TPSA) is 84.9 Å². The predicted octanol–water partition coefficient (Wildman–Crippen LogP) is 2.67. The summed E-state index contributed by atoms with van der Waals surface area (Å²) in [6.07, 6.45) is -0.651. The first-order valence-electron chi connectivity index (χ1n) is 7.07. The summed E-state index contributed by atoms with van der Waals surface area (Å²) in [4.78, 5) is 37.4. The summed E-state index contributed by atoms with van der Waals surface area (Å²) in [6.45, 7) is 0. The van der Waals surface area contributed by atoms with E-state index in [2.05, 4.69) is 10.1 Å². The molecule has 0 spiro atoms. The number of nitrogens with zero attached hydrogens (tertiary/aromatic N) is 1. The van der Waals surface area contributed by atoms with Gasteiger partial charge in [-0.15, -0.1) is 0 Å². The van der Waals surface area contributed by atoms with Crippen molar-refractivity contribution in [2.24, 2.45) is 0 Å². The van der Waals surface area contributed by atoms with Crippen LogP contribution < -0.4 is 15.0 Å². The van der Waals surface area contributed by atoms with Gasteiger partial charge in [0.15, 0.2) is 0 Å². The van der Waals surface area contributed by atoms with Crippen LogP contribution in [0.4, 0.5) is 16.2 Å². The molecule has 122 valence electrons. The third-order valence-corrected chi connectivity index (χ3v) is 3.66. The molecule has 0 radical (unpaired) electrons. The number of nitrogens with one attached hydrogen (secondary N) is 1. The van der Waals surface area contributed by atoms with Gasteiger partial charge in [-0.05, 0) is 24.3 Å². The van der Waals surface area contributed by atoms with Crippen LogP contribution in [0.25, 0.3) is 0 Å². The lowest BCUT2D eigenvalue weighted by Crippen LogP contribution is -2.29. The van der Waals surface area contributed by atoms with Crippen molar-refractivity contribution in [3.8, 4) is 5.75 Å². The van der Waals surface area contributed by atoms with Crippen molar-refractivity contribution in [3.05, 3.63) is 53.6 Å². The number of carbonyl (C=O) groups is 3. The Kier molecular flexibility index (Phi) is 3.91. The van der Waals surface area contributed by atoms with E-state index in [4.69, 9.17) is 4.74 Å². The summed E-state index contributed by atoms with van der Waals surface area (Å²) in [7, 11) is 2.67. The molecule has 1 N–H and O–H groups in total. The van der Waals surface area contributed by atoms with Gasteiger partial charge < -0.3 is 9.47 Å². The Balaban J connectivity index is 1.98. The summed E-state index contributed by atoms with van der Waals surface area (Å²) >= 11 is 0. The second-order valence-corrected chi connectivity index (χ2v) is 4.99. The Morgan fingerprint density at radius 3 is 2.17 bits per heavy atom. The van der Waals surface area contributed by atoms with Crippen LogP contribution in [-0.2, 0) is 4.74 Å². The van der Waals surface area contributed by atoms with Crippen molar-refractivity contribution in [2.75, 3.05) is 24.4 Å². The molecule has 7 nitrogen and oxygen atoms in total. The van der Waals surface area contributed by atoms with Crippen molar-refractivity contribution in [1.29, 1.82) is 0 Å². The predicted molar refractivity (Wildman–Crippen MR) is 86.6 cm³/mol. The Labute approximate surface area is 137 Å². The van der Waals surface area contributed by atoms with E-state index in [1.807, 2.05) is 0 Å². The number of benzene rings is 2. The molecule has 0 saturated carbocycles. The van der Waals surface area contributed by atoms with E-state index in [-0.39, 0.29) is 0 Å². The number of ether oxygens (including phenoxy) is 2. The highest BCUT2D eigenvalue weighted by atomic mass is 16.5. The van der Waals surface area contributed by atoms with Gasteiger partial charge in [-0.25, -0.2) is 9.69 Å². The standard InChI is InChI=1S/C17H14N2O5/c1-23-14-9-10(7-8-13(14)18-17(22)24-2)19-15(20)11-5-3-4-6-12(11)16(19)21/h3-9H,1-2H3,(H,18,22). The molecule has 0 saturated heterocycles. The summed E-state index contributed by atoms with van der Waals surface area (Å²) in [5.74, 6) is -0.493. The van der Waals surface area contributed by atoms with Crippen molar-refractivity contribution in [2.45, 2.75) is 0 Å². The molecule has 0 atom stereocenters. The second-order valence-electron chi connectivity index (χ2n) is 4.99. The van der Waals surface area contributed by atoms with Gasteiger partial charge in [0.2, 0.25) is 0 Å². The van der Waals surface area contributed by atoms with E-state index in [1.54, 1.807) is 30.3 Å². The molecule has 1 aliphatic rings. The Morgan fingerprint density at radius 2 is 1.62 bits per heavy atom. The zero-order valence-corrected chi connectivity index (χ0v) is 13.0. The SMILES string of the molecule is COC(=O)Nc1ccc(N2C(=O)c3ccccc3C2=O)cc1OC. The maximum Gasteiger partial charge on any atom is 0.411 e. The van der Waals surface area contributed by atoms with Crippen LogP contribution in [0.15, 0.2) is 42.5 Å². The largest absolute Gasteiger partial charge is 0.494 e. The molecule has 2 aromatic rings. The monoisotopic (exact) mass is 326 g/mol. The van der Waals surface area contributed by atoms with E-state index in [9.17, 15) is 14.4 Å². The van der Waals surface area contributed by atoms with Crippen LogP contribution in [-0.4, -0.2) is 32.1 Å². The molecular weight excluding hydrogens is 312 g/mol. The highest BCUT2D eigenvalue weighted by molar-refractivity contribution is 6.34. The van der Waals surface area contributed by atoms with E-state index >= 15 is 0 Å². The average molecular weight is 326 g/mol. The van der Waals surface area contributed by atoms with Gasteiger partial charge in [0.25, 0.3) is 11.8 Å². The molecule has 3 amide bonds. The highest BCUT2D eigenvalue weighted by Crippen LogP contribution is 2.34. The number of hydrogen-bond acceptors (Lipinski definition) is 5. The highest BCUT2D eigenvalue weighted by Gasteiger charge is 2.36. The first-order valence-corrected chi connectivity index (χ1v) is 7.07. The van der Waals surface area contributed by atoms with Gasteiger partial charge >= 0.3 is 6.09 Å². The van der Waals surface area contributed by atoms with Crippen LogP contribution in [0.5, 0.6) is 5.75 Å². The molecule has 0 bridgehead atoms. The maximum absolute atomic E-state index is 12.5. The van der Waals surface area contributed by atoms with Gasteiger partial charge in [0, 0.05) is 6.07 Å². The fourth-order valence-corrected chi connectivity index (χ4v) is 2.51. The molecule has 0 fully saturated rings. The Hall–Kier alpha value is -3.35. The lowest BCUT2D eigenvalue weighted by molar-refractivity contribution is 0.0926. The van der Waals surface area contributed by atoms with Gasteiger partial charge in [-0.2, -0.15) is 0 Å². The molecule has 3 rings (SSSR count). The quantitative estimate of drug-likeness (QED) is 0.877. The number of imide groups is 1. The van der Waals surface area contributed by atoms with Crippen LogP contribution in [0.3, 0.4) is 0 Å². The van der Waals surface area contributed by atoms with Crippen molar-refractivity contribution < 1.29 is 23.9 Å². The summed E-state index contributed by atoms with van der Waals surface area (Å²) < 4.78 is 9.75. The molecule has 2 aromatic carbocycles. The zero-order valence-electron chi connectivity index (χ0n) is 13.0. The van der Waals surface area contributed by atoms with Gasteiger partial charge in [-0.3, -0.25) is 14.9 Å². The van der Waals surface area contributed by atoms with E-state index in [0.29, 0.717) is 28.3 Å². The van der Waals surface area contributed by atoms with Gasteiger partial charge in [0.1, 0.15) is 5.75 Å². The minimum Gasteiger partial charge on any atom is -0.494 e. The van der Waals surface area contributed by atoms with Crippen LogP contribution in [0, 0.1) is 0 Å². The first kappa shape index (κ1) is 15.5. The average Bonchev–Trinajstić information content (AvgIpc) is 2.86. The van der Waals surface area contributed by atoms with Gasteiger partial charge in [0.05, 0.1) is 36.7 Å². The number of hydrogen-bond donors (Lipinski definition) is 1. The van der Waals surface area contributed by atoms with Crippen molar-refractivity contribution in [3.63, 3.8) is 0 Å². The van der Waals surface area contributed by atoms with Gasteiger partial charge in [-0.1, -0.05) is 12.1 Å². The second kappa shape index (κ2) is 6.04. The number of fused-ring (bicyclic) bond motifs is 1. The Morgan fingerprint density at radius 1 is 1.00 bits per heavy atom. The fraction of sp³-hybridized carbons (Fsp3) is 0.118. The molecule has 7 heteroatoms. The lowest BCUT2D eigenvalue weighted by Gasteiger charge is -2.17. The van der Waals surface area contributed by atoms with E-state index in [1.165, 1.54) is 26.4 Å². The van der Waals surface area contributed by atoms with E-state index < -0.39 is 17.9 Å². The van der Waals surface area contributed by atoms with Crippen molar-refractivity contribution >= 4 is 29.3 Å². The van der Waals surface area contributed by atoms with Crippen molar-refractivity contribution in [1.82, 2.24) is 0 Å². The number of methoxy groups -OCH3 is 2. The summed E-state index contributed by atoms with van der Waals surface area (Å²) in [5.41, 5.74) is 1.44. The minimum absolute atomic E-state index is 0.300. The molecular formula is C17H14N2O5. The smallest absolute Gasteiger partial charge is 0.411 e. The molecule has 1 heterocycles. The number of carbonyl (C=O) groups excluding carboxylic acids is 3. The number of amides is 3. The molecule has 0 aliphatic carbocycles. The summed E-state index contributed by atoms with van der Waals surface area (Å²) in [5, 5.41) is 2.49. The third kappa shape index (κ3) is 2.45. The lowest BCUT2D eigenvalue weighted by atomic mass is 10.1. The fourth-order valence-electron chi connectivity index (χ4n) is 2.51. The summed E-state index contributed by atoms with van der Waals surface area (Å²) in [6, 6.07) is 11.2. The van der Waals surface area contributed by atoms with Crippen LogP contribution in [0.1, 0.15) is 20.7 Å². The molecule has 0 unspecified atom stereocenters. The first-order chi connectivity index (χ1) is 11.6. The minimum atomic E-state index is -0.651. The normalized spacial score (nSPS) is 12.8. The van der Waals surface area contributed by atoms with E-state index in [0.717, 1.165) is 4.90 Å². The zero-order chi connectivity index (χ0) is 17.3.